The Morgan fingerprint density at radius 1 is 1.76 bits per heavy atom. The predicted octanol–water partition coefficient (Wildman–Crippen LogP) is 1.17. The second-order valence-electron chi connectivity index (χ2n) is 4.29. The van der Waals surface area contributed by atoms with Crippen molar-refractivity contribution in [3.8, 4) is 0 Å². The van der Waals surface area contributed by atoms with Crippen molar-refractivity contribution >= 4 is 6.03 Å². The highest BCUT2D eigenvalue weighted by Crippen LogP contribution is 2.16. The Morgan fingerprint density at radius 3 is 3.29 bits per heavy atom. The van der Waals surface area contributed by atoms with E-state index in [2.05, 4.69) is 21.9 Å². The van der Waals surface area contributed by atoms with E-state index in [1.54, 1.807) is 12.5 Å². The van der Waals surface area contributed by atoms with Gasteiger partial charge < -0.3 is 15.2 Å². The zero-order valence-corrected chi connectivity index (χ0v) is 9.85. The number of likely N-dealkylation sites (tertiary alicyclic amines) is 1. The van der Waals surface area contributed by atoms with Gasteiger partial charge in [0, 0.05) is 37.9 Å². The van der Waals surface area contributed by atoms with E-state index in [0.29, 0.717) is 12.5 Å². The monoisotopic (exact) mass is 234 g/mol. The fraction of sp³-hybridized carbons (Fsp3) is 0.500. The first kappa shape index (κ1) is 11.7. The quantitative estimate of drug-likeness (QED) is 0.768. The molecular formula is C12H18N4O. The summed E-state index contributed by atoms with van der Waals surface area (Å²) < 4.78 is 0. The molecule has 0 bridgehead atoms. The Kier molecular flexibility index (Phi) is 3.80. The van der Waals surface area contributed by atoms with Gasteiger partial charge in [-0.25, -0.2) is 9.78 Å². The number of hydrogen-bond acceptors (Lipinski definition) is 2. The maximum absolute atomic E-state index is 11.8. The lowest BCUT2D eigenvalue weighted by molar-refractivity contribution is 0.208. The number of H-pyrrole nitrogens is 1. The molecule has 1 aliphatic rings. The number of imidazole rings is 1. The average molecular weight is 234 g/mol. The number of carbonyl (C=O) groups excluding carboxylic acids is 1. The molecule has 0 radical (unpaired) electrons. The number of urea groups is 1. The molecule has 17 heavy (non-hydrogen) atoms. The Balaban J connectivity index is 1.69. The van der Waals surface area contributed by atoms with Crippen molar-refractivity contribution in [3.63, 3.8) is 0 Å². The van der Waals surface area contributed by atoms with E-state index in [4.69, 9.17) is 0 Å². The van der Waals surface area contributed by atoms with Crippen LogP contribution in [0.3, 0.4) is 0 Å². The molecule has 2 N–H and O–H groups in total. The van der Waals surface area contributed by atoms with Crippen LogP contribution < -0.4 is 5.32 Å². The van der Waals surface area contributed by atoms with Crippen molar-refractivity contribution in [2.24, 2.45) is 5.92 Å². The molecule has 1 atom stereocenters. The second kappa shape index (κ2) is 5.52. The Hall–Kier alpha value is -1.78. The summed E-state index contributed by atoms with van der Waals surface area (Å²) in [7, 11) is 0. The van der Waals surface area contributed by atoms with E-state index in [0.717, 1.165) is 31.6 Å². The number of aromatic amines is 1. The number of nitrogens with one attached hydrogen (secondary N) is 2. The van der Waals surface area contributed by atoms with Crippen LogP contribution in [0.15, 0.2) is 25.2 Å². The molecule has 2 rings (SSSR count). The van der Waals surface area contributed by atoms with Crippen molar-refractivity contribution in [1.82, 2.24) is 20.2 Å². The largest absolute Gasteiger partial charge is 0.348 e. The van der Waals surface area contributed by atoms with Gasteiger partial charge in [-0.1, -0.05) is 6.08 Å². The van der Waals surface area contributed by atoms with E-state index >= 15 is 0 Å². The van der Waals surface area contributed by atoms with E-state index in [9.17, 15) is 4.79 Å². The van der Waals surface area contributed by atoms with Gasteiger partial charge in [-0.3, -0.25) is 0 Å². The van der Waals surface area contributed by atoms with E-state index < -0.39 is 0 Å². The predicted molar refractivity (Wildman–Crippen MR) is 65.6 cm³/mol. The molecule has 0 spiro atoms. The molecule has 1 fully saturated rings. The van der Waals surface area contributed by atoms with Crippen LogP contribution in [-0.4, -0.2) is 40.5 Å². The van der Waals surface area contributed by atoms with Crippen molar-refractivity contribution in [2.75, 3.05) is 19.6 Å². The lowest BCUT2D eigenvalue weighted by atomic mass is 10.1. The molecule has 1 aliphatic heterocycles. The lowest BCUT2D eigenvalue weighted by Crippen LogP contribution is -2.39. The Morgan fingerprint density at radius 2 is 2.65 bits per heavy atom. The SMILES string of the molecule is C=C[C@@H]1CCN(C(=O)NCCc2cnc[nH]2)C1. The molecule has 0 unspecified atom stereocenters. The maximum atomic E-state index is 11.8. The third-order valence-electron chi connectivity index (χ3n) is 3.07. The minimum Gasteiger partial charge on any atom is -0.348 e. The van der Waals surface area contributed by atoms with Gasteiger partial charge in [-0.2, -0.15) is 0 Å². The third-order valence-corrected chi connectivity index (χ3v) is 3.07. The van der Waals surface area contributed by atoms with Crippen LogP contribution in [-0.2, 0) is 6.42 Å². The molecule has 5 heteroatoms. The summed E-state index contributed by atoms with van der Waals surface area (Å²) in [6.45, 7) is 6.02. The summed E-state index contributed by atoms with van der Waals surface area (Å²) in [5.74, 6) is 0.452. The van der Waals surface area contributed by atoms with Gasteiger partial charge in [0.05, 0.1) is 6.33 Å². The fourth-order valence-electron chi connectivity index (χ4n) is 2.00. The Labute approximate surface area is 101 Å². The zero-order valence-electron chi connectivity index (χ0n) is 9.85. The average Bonchev–Trinajstić information content (AvgIpc) is 2.99. The van der Waals surface area contributed by atoms with Crippen molar-refractivity contribution in [2.45, 2.75) is 12.8 Å². The second-order valence-corrected chi connectivity index (χ2v) is 4.29. The van der Waals surface area contributed by atoms with Gasteiger partial charge in [0.2, 0.25) is 0 Å². The molecule has 0 saturated carbocycles. The van der Waals surface area contributed by atoms with Crippen LogP contribution >= 0.6 is 0 Å². The number of carbonyl (C=O) groups is 1. The molecule has 0 aliphatic carbocycles. The van der Waals surface area contributed by atoms with Crippen molar-refractivity contribution < 1.29 is 4.79 Å². The summed E-state index contributed by atoms with van der Waals surface area (Å²) in [6.07, 6.45) is 7.15. The van der Waals surface area contributed by atoms with Crippen LogP contribution in [0.2, 0.25) is 0 Å². The molecule has 2 heterocycles. The molecule has 2 amide bonds. The smallest absolute Gasteiger partial charge is 0.317 e. The fourth-order valence-corrected chi connectivity index (χ4v) is 2.00. The van der Waals surface area contributed by atoms with Crippen LogP contribution in [0.1, 0.15) is 12.1 Å². The van der Waals surface area contributed by atoms with Gasteiger partial charge >= 0.3 is 6.03 Å². The number of aromatic nitrogens is 2. The molecular weight excluding hydrogens is 216 g/mol. The molecule has 5 nitrogen and oxygen atoms in total. The first-order valence-corrected chi connectivity index (χ1v) is 5.92. The van der Waals surface area contributed by atoms with Crippen molar-refractivity contribution in [3.05, 3.63) is 30.9 Å². The topological polar surface area (TPSA) is 61.0 Å². The van der Waals surface area contributed by atoms with Gasteiger partial charge in [-0.15, -0.1) is 6.58 Å². The molecule has 1 saturated heterocycles. The lowest BCUT2D eigenvalue weighted by Gasteiger charge is -2.16. The van der Waals surface area contributed by atoms with Gasteiger partial charge in [0.15, 0.2) is 0 Å². The normalized spacial score (nSPS) is 19.3. The highest BCUT2D eigenvalue weighted by atomic mass is 16.2. The minimum absolute atomic E-state index is 0.0221. The number of nitrogens with zero attached hydrogens (tertiary/aromatic N) is 2. The first-order chi connectivity index (χ1) is 8.29. The summed E-state index contributed by atoms with van der Waals surface area (Å²) in [5.41, 5.74) is 1.04. The van der Waals surface area contributed by atoms with E-state index in [-0.39, 0.29) is 6.03 Å². The Bertz CT molecular complexity index is 374. The van der Waals surface area contributed by atoms with Crippen LogP contribution in [0.5, 0.6) is 0 Å². The van der Waals surface area contributed by atoms with Gasteiger partial charge in [0.25, 0.3) is 0 Å². The van der Waals surface area contributed by atoms with Gasteiger partial charge in [0.1, 0.15) is 0 Å². The van der Waals surface area contributed by atoms with E-state index in [1.165, 1.54) is 0 Å². The maximum Gasteiger partial charge on any atom is 0.317 e. The van der Waals surface area contributed by atoms with Crippen LogP contribution in [0.25, 0.3) is 0 Å². The minimum atomic E-state index is 0.0221. The van der Waals surface area contributed by atoms with Crippen molar-refractivity contribution in [1.29, 1.82) is 0 Å². The number of rotatable bonds is 4. The molecule has 0 aromatic carbocycles. The van der Waals surface area contributed by atoms with Crippen LogP contribution in [0.4, 0.5) is 4.79 Å². The number of hydrogen-bond donors (Lipinski definition) is 2. The summed E-state index contributed by atoms with van der Waals surface area (Å²) >= 11 is 0. The van der Waals surface area contributed by atoms with E-state index in [1.807, 2.05) is 11.0 Å². The summed E-state index contributed by atoms with van der Waals surface area (Å²) in [4.78, 5) is 20.6. The highest BCUT2D eigenvalue weighted by Gasteiger charge is 2.23. The molecule has 1 aromatic rings. The summed E-state index contributed by atoms with van der Waals surface area (Å²) in [5, 5.41) is 2.91. The standard InChI is InChI=1S/C12H18N4O/c1-2-10-4-6-16(8-10)12(17)14-5-3-11-7-13-9-15-11/h2,7,9-10H,1,3-6,8H2,(H,13,15)(H,14,17)/t10-/m1/s1. The van der Waals surface area contributed by atoms with Gasteiger partial charge in [-0.05, 0) is 12.3 Å². The summed E-state index contributed by atoms with van der Waals surface area (Å²) in [6, 6.07) is 0.0221. The highest BCUT2D eigenvalue weighted by molar-refractivity contribution is 5.74. The zero-order chi connectivity index (χ0) is 12.1. The third kappa shape index (κ3) is 3.09. The first-order valence-electron chi connectivity index (χ1n) is 5.92. The molecule has 1 aromatic heterocycles. The molecule has 92 valence electrons. The van der Waals surface area contributed by atoms with Crippen LogP contribution in [0, 0.1) is 5.92 Å². The number of amides is 2.